The van der Waals surface area contributed by atoms with Crippen molar-refractivity contribution in [3.05, 3.63) is 63.3 Å². The van der Waals surface area contributed by atoms with Crippen molar-refractivity contribution in [1.29, 1.82) is 0 Å². The van der Waals surface area contributed by atoms with Crippen molar-refractivity contribution in [2.24, 2.45) is 0 Å². The summed E-state index contributed by atoms with van der Waals surface area (Å²) in [6.07, 6.45) is 3.06. The van der Waals surface area contributed by atoms with E-state index in [1.54, 1.807) is 23.0 Å². The van der Waals surface area contributed by atoms with Gasteiger partial charge in [0.15, 0.2) is 5.16 Å². The van der Waals surface area contributed by atoms with Gasteiger partial charge in [-0.25, -0.2) is 4.98 Å². The van der Waals surface area contributed by atoms with Crippen molar-refractivity contribution in [3.63, 3.8) is 0 Å². The summed E-state index contributed by atoms with van der Waals surface area (Å²) in [7, 11) is 1.61. The van der Waals surface area contributed by atoms with Gasteiger partial charge in [-0.05, 0) is 36.3 Å². The molecule has 4 aromatic rings. The number of benzene rings is 2. The molecule has 0 unspecified atom stereocenters. The Kier molecular flexibility index (Phi) is 5.99. The van der Waals surface area contributed by atoms with Gasteiger partial charge in [0.2, 0.25) is 5.91 Å². The lowest BCUT2D eigenvalue weighted by Gasteiger charge is -2.12. The minimum absolute atomic E-state index is 0.0246. The Bertz CT molecular complexity index is 1370. The van der Waals surface area contributed by atoms with E-state index < -0.39 is 0 Å². The molecule has 1 aliphatic carbocycles. The predicted molar refractivity (Wildman–Crippen MR) is 131 cm³/mol. The first-order chi connectivity index (χ1) is 15.7. The van der Waals surface area contributed by atoms with Crippen molar-refractivity contribution in [3.8, 4) is 0 Å². The predicted octanol–water partition coefficient (Wildman–Crippen LogP) is 4.48. The summed E-state index contributed by atoms with van der Waals surface area (Å²) in [6.45, 7) is 0.825. The van der Waals surface area contributed by atoms with E-state index in [1.165, 1.54) is 22.2 Å². The molecule has 32 heavy (non-hydrogen) atoms. The number of methoxy groups -OCH3 is 1. The van der Waals surface area contributed by atoms with Crippen LogP contribution >= 0.6 is 23.1 Å². The monoisotopic (exact) mass is 465 g/mol. The van der Waals surface area contributed by atoms with Gasteiger partial charge in [0.25, 0.3) is 5.56 Å². The summed E-state index contributed by atoms with van der Waals surface area (Å²) in [6, 6.07) is 13.8. The van der Waals surface area contributed by atoms with Crippen LogP contribution in [0.1, 0.15) is 16.9 Å². The second-order valence-corrected chi connectivity index (χ2v) is 9.77. The van der Waals surface area contributed by atoms with E-state index in [0.29, 0.717) is 18.3 Å². The number of nitrogens with zero attached hydrogens (tertiary/aromatic N) is 2. The molecule has 0 aliphatic heterocycles. The van der Waals surface area contributed by atoms with E-state index in [4.69, 9.17) is 9.72 Å². The Labute approximate surface area is 193 Å². The highest BCUT2D eigenvalue weighted by molar-refractivity contribution is 7.99. The summed E-state index contributed by atoms with van der Waals surface area (Å²) in [5, 5.41) is 6.39. The molecule has 0 bridgehead atoms. The summed E-state index contributed by atoms with van der Waals surface area (Å²) in [5.41, 5.74) is 1.92. The number of fused-ring (bicyclic) bond motifs is 4. The summed E-state index contributed by atoms with van der Waals surface area (Å²) in [4.78, 5) is 32.9. The normalized spacial score (nSPS) is 13.0. The number of thioether (sulfide) groups is 1. The summed E-state index contributed by atoms with van der Waals surface area (Å²) >= 11 is 2.91. The molecule has 2 aromatic carbocycles. The van der Waals surface area contributed by atoms with E-state index in [1.807, 2.05) is 42.5 Å². The highest BCUT2D eigenvalue weighted by atomic mass is 32.2. The maximum atomic E-state index is 13.3. The van der Waals surface area contributed by atoms with E-state index in [9.17, 15) is 9.59 Å². The third kappa shape index (κ3) is 3.94. The molecule has 0 atom stereocenters. The number of hydrogen-bond acceptors (Lipinski definition) is 6. The second kappa shape index (κ2) is 9.05. The van der Waals surface area contributed by atoms with Gasteiger partial charge in [-0.1, -0.05) is 48.2 Å². The maximum Gasteiger partial charge on any atom is 0.263 e. The number of aromatic nitrogens is 2. The zero-order chi connectivity index (χ0) is 22.1. The van der Waals surface area contributed by atoms with Crippen molar-refractivity contribution >= 4 is 55.7 Å². The van der Waals surface area contributed by atoms with Gasteiger partial charge in [-0.2, -0.15) is 0 Å². The largest absolute Gasteiger partial charge is 0.383 e. The van der Waals surface area contributed by atoms with Crippen LogP contribution in [0.25, 0.3) is 21.0 Å². The molecule has 5 rings (SSSR count). The smallest absolute Gasteiger partial charge is 0.263 e. The van der Waals surface area contributed by atoms with Crippen LogP contribution in [-0.2, 0) is 28.9 Å². The zero-order valence-electron chi connectivity index (χ0n) is 17.7. The number of aryl methyl sites for hydroxylation is 2. The lowest BCUT2D eigenvalue weighted by Crippen LogP contribution is -2.26. The fourth-order valence-electron chi connectivity index (χ4n) is 4.20. The highest BCUT2D eigenvalue weighted by Gasteiger charge is 2.23. The van der Waals surface area contributed by atoms with Crippen LogP contribution in [0.15, 0.2) is 52.4 Å². The molecular formula is C24H23N3O3S2. The van der Waals surface area contributed by atoms with Gasteiger partial charge in [0.05, 0.1) is 24.3 Å². The van der Waals surface area contributed by atoms with E-state index >= 15 is 0 Å². The van der Waals surface area contributed by atoms with Gasteiger partial charge < -0.3 is 10.1 Å². The standard InChI is InChI=1S/C24H23N3O3S2/c1-30-13-12-27-23(29)21-17-9-5-11-19(17)32-22(21)26-24(27)31-14-20(28)25-18-10-4-7-15-6-2-3-8-16(15)18/h2-4,6-8,10H,5,9,11-14H2,1H3,(H,25,28). The fourth-order valence-corrected chi connectivity index (χ4v) is 6.33. The molecule has 6 nitrogen and oxygen atoms in total. The van der Waals surface area contributed by atoms with E-state index in [0.717, 1.165) is 45.9 Å². The van der Waals surface area contributed by atoms with Crippen molar-refractivity contribution in [2.45, 2.75) is 31.0 Å². The number of carbonyl (C=O) groups is 1. The van der Waals surface area contributed by atoms with Crippen LogP contribution < -0.4 is 10.9 Å². The number of rotatable bonds is 7. The van der Waals surface area contributed by atoms with Crippen LogP contribution in [0.3, 0.4) is 0 Å². The quantitative estimate of drug-likeness (QED) is 0.322. The molecule has 2 aromatic heterocycles. The van der Waals surface area contributed by atoms with Crippen LogP contribution in [0.5, 0.6) is 0 Å². The first-order valence-electron chi connectivity index (χ1n) is 10.6. The molecule has 0 fully saturated rings. The summed E-state index contributed by atoms with van der Waals surface area (Å²) < 4.78 is 6.87. The van der Waals surface area contributed by atoms with Crippen LogP contribution in [0, 0.1) is 0 Å². The lowest BCUT2D eigenvalue weighted by atomic mass is 10.1. The SMILES string of the molecule is COCCn1c(SCC(=O)Nc2cccc3ccccc23)nc2sc3c(c2c1=O)CCC3. The molecule has 1 aliphatic rings. The third-order valence-electron chi connectivity index (χ3n) is 5.70. The van der Waals surface area contributed by atoms with Crippen molar-refractivity contribution in [2.75, 3.05) is 24.8 Å². The Balaban J connectivity index is 1.40. The average molecular weight is 466 g/mol. The number of hydrogen-bond donors (Lipinski definition) is 1. The molecule has 0 saturated carbocycles. The molecular weight excluding hydrogens is 442 g/mol. The van der Waals surface area contributed by atoms with Gasteiger partial charge in [0, 0.05) is 23.1 Å². The minimum atomic E-state index is -0.132. The van der Waals surface area contributed by atoms with Gasteiger partial charge in [-0.3, -0.25) is 14.2 Å². The Morgan fingerprint density at radius 2 is 2.06 bits per heavy atom. The molecule has 1 N–H and O–H groups in total. The molecule has 0 radical (unpaired) electrons. The van der Waals surface area contributed by atoms with Crippen LogP contribution in [-0.4, -0.2) is 34.9 Å². The maximum absolute atomic E-state index is 13.3. The molecule has 8 heteroatoms. The first kappa shape index (κ1) is 21.2. The number of anilines is 1. The third-order valence-corrected chi connectivity index (χ3v) is 7.87. The number of nitrogens with one attached hydrogen (secondary N) is 1. The minimum Gasteiger partial charge on any atom is -0.383 e. The molecule has 1 amide bonds. The Morgan fingerprint density at radius 3 is 2.94 bits per heavy atom. The van der Waals surface area contributed by atoms with Gasteiger partial charge in [0.1, 0.15) is 4.83 Å². The van der Waals surface area contributed by atoms with Gasteiger partial charge >= 0.3 is 0 Å². The second-order valence-electron chi connectivity index (χ2n) is 7.75. The molecule has 2 heterocycles. The Hall–Kier alpha value is -2.68. The zero-order valence-corrected chi connectivity index (χ0v) is 19.4. The number of carbonyl (C=O) groups excluding carboxylic acids is 1. The molecule has 0 spiro atoms. The Morgan fingerprint density at radius 1 is 1.22 bits per heavy atom. The van der Waals surface area contributed by atoms with Crippen molar-refractivity contribution in [1.82, 2.24) is 9.55 Å². The molecule has 164 valence electrons. The summed E-state index contributed by atoms with van der Waals surface area (Å²) in [5.74, 6) is 0.0341. The number of amides is 1. The number of thiophene rings is 1. The molecule has 0 saturated heterocycles. The number of ether oxygens (including phenoxy) is 1. The van der Waals surface area contributed by atoms with Crippen molar-refractivity contribution < 1.29 is 9.53 Å². The average Bonchev–Trinajstić information content (AvgIpc) is 3.38. The van der Waals surface area contributed by atoms with E-state index in [2.05, 4.69) is 5.32 Å². The fraction of sp³-hybridized carbons (Fsp3) is 0.292. The van der Waals surface area contributed by atoms with Gasteiger partial charge in [-0.15, -0.1) is 11.3 Å². The highest BCUT2D eigenvalue weighted by Crippen LogP contribution is 2.35. The van der Waals surface area contributed by atoms with Crippen LogP contribution in [0.2, 0.25) is 0 Å². The van der Waals surface area contributed by atoms with Crippen LogP contribution in [0.4, 0.5) is 5.69 Å². The topological polar surface area (TPSA) is 73.2 Å². The first-order valence-corrected chi connectivity index (χ1v) is 12.4. The van der Waals surface area contributed by atoms with E-state index in [-0.39, 0.29) is 17.2 Å². The lowest BCUT2D eigenvalue weighted by molar-refractivity contribution is -0.113.